The van der Waals surface area contributed by atoms with Gasteiger partial charge in [0.2, 0.25) is 5.91 Å². The lowest BCUT2D eigenvalue weighted by Crippen LogP contribution is -2.52. The lowest BCUT2D eigenvalue weighted by Gasteiger charge is -2.37. The fourth-order valence-corrected chi connectivity index (χ4v) is 4.19. The van der Waals surface area contributed by atoms with Gasteiger partial charge >= 0.3 is 0 Å². The highest BCUT2D eigenvalue weighted by Crippen LogP contribution is 2.36. The molecule has 170 valence electrons. The Bertz CT molecular complexity index is 957. The topological polar surface area (TPSA) is 72.0 Å². The fraction of sp³-hybridized carbons (Fsp3) is 0.480. The summed E-state index contributed by atoms with van der Waals surface area (Å²) < 4.78 is 11.8. The van der Waals surface area contributed by atoms with Crippen LogP contribution in [0.5, 0.6) is 5.75 Å². The molecule has 2 amide bonds. The van der Waals surface area contributed by atoms with E-state index in [2.05, 4.69) is 4.98 Å². The molecule has 0 bridgehead atoms. The van der Waals surface area contributed by atoms with E-state index in [1.807, 2.05) is 57.2 Å². The molecule has 0 spiro atoms. The second-order valence-electron chi connectivity index (χ2n) is 8.91. The number of benzene rings is 1. The quantitative estimate of drug-likeness (QED) is 0.664. The first-order valence-electron chi connectivity index (χ1n) is 11.3. The van der Waals surface area contributed by atoms with Crippen molar-refractivity contribution in [2.75, 3.05) is 24.6 Å². The van der Waals surface area contributed by atoms with E-state index in [0.29, 0.717) is 24.5 Å². The summed E-state index contributed by atoms with van der Waals surface area (Å²) in [4.78, 5) is 34.6. The molecule has 7 heteroatoms. The number of ether oxygens (including phenoxy) is 2. The maximum atomic E-state index is 13.5. The van der Waals surface area contributed by atoms with Gasteiger partial charge in [0.05, 0.1) is 24.0 Å². The van der Waals surface area contributed by atoms with E-state index in [1.54, 1.807) is 16.0 Å². The maximum Gasteiger partial charge on any atom is 0.268 e. The van der Waals surface area contributed by atoms with Gasteiger partial charge < -0.3 is 14.4 Å². The van der Waals surface area contributed by atoms with Crippen LogP contribution in [-0.2, 0) is 20.9 Å². The van der Waals surface area contributed by atoms with Gasteiger partial charge in [-0.25, -0.2) is 0 Å². The second kappa shape index (κ2) is 9.69. The molecule has 2 aromatic rings. The summed E-state index contributed by atoms with van der Waals surface area (Å²) in [6.07, 6.45) is 3.06. The van der Waals surface area contributed by atoms with E-state index in [-0.39, 0.29) is 30.4 Å². The van der Waals surface area contributed by atoms with Gasteiger partial charge in [-0.1, -0.05) is 26.0 Å². The number of rotatable bonds is 7. The Labute approximate surface area is 189 Å². The summed E-state index contributed by atoms with van der Waals surface area (Å²) >= 11 is 0. The number of pyridine rings is 1. The van der Waals surface area contributed by atoms with Gasteiger partial charge in [0.25, 0.3) is 5.91 Å². The number of carbonyl (C=O) groups is 2. The van der Waals surface area contributed by atoms with Gasteiger partial charge in [-0.2, -0.15) is 0 Å². The minimum absolute atomic E-state index is 0.00827. The van der Waals surface area contributed by atoms with Crippen molar-refractivity contribution in [3.05, 3.63) is 53.9 Å². The zero-order chi connectivity index (χ0) is 22.7. The van der Waals surface area contributed by atoms with Gasteiger partial charge in [0, 0.05) is 19.3 Å². The summed E-state index contributed by atoms with van der Waals surface area (Å²) in [5, 5.41) is 0. The third-order valence-corrected chi connectivity index (χ3v) is 5.95. The van der Waals surface area contributed by atoms with Crippen LogP contribution < -0.4 is 9.64 Å². The molecule has 32 heavy (non-hydrogen) atoms. The van der Waals surface area contributed by atoms with E-state index in [4.69, 9.17) is 9.47 Å². The van der Waals surface area contributed by atoms with Crippen LogP contribution in [0.25, 0.3) is 0 Å². The minimum Gasteiger partial charge on any atom is -0.478 e. The van der Waals surface area contributed by atoms with Crippen LogP contribution in [0.1, 0.15) is 37.9 Å². The Kier molecular flexibility index (Phi) is 6.74. The van der Waals surface area contributed by atoms with E-state index < -0.39 is 6.10 Å². The van der Waals surface area contributed by atoms with E-state index >= 15 is 0 Å². The van der Waals surface area contributed by atoms with Crippen LogP contribution in [-0.4, -0.2) is 53.6 Å². The van der Waals surface area contributed by atoms with Crippen molar-refractivity contribution in [2.45, 2.75) is 52.4 Å². The van der Waals surface area contributed by atoms with Crippen LogP contribution in [0.15, 0.2) is 42.6 Å². The highest BCUT2D eigenvalue weighted by molar-refractivity contribution is 6.04. The van der Waals surface area contributed by atoms with Crippen LogP contribution >= 0.6 is 0 Å². The maximum absolute atomic E-state index is 13.5. The number of carbonyl (C=O) groups excluding carboxylic acids is 2. The summed E-state index contributed by atoms with van der Waals surface area (Å²) in [6, 6.07) is 11.4. The molecule has 0 radical (unpaired) electrons. The van der Waals surface area contributed by atoms with Crippen LogP contribution in [0.2, 0.25) is 0 Å². The first-order chi connectivity index (χ1) is 15.4. The number of hydrogen-bond acceptors (Lipinski definition) is 5. The first kappa shape index (κ1) is 22.3. The SMILES string of the molecule is Cc1ccc2c(c1)N(CC(=O)N(Cc1ccccn1)C[C@H]1CCCO1)C(=O)[C@@H](C(C)C)O2. The number of aromatic nitrogens is 1. The summed E-state index contributed by atoms with van der Waals surface area (Å²) in [5.41, 5.74) is 2.46. The fourth-order valence-electron chi connectivity index (χ4n) is 4.19. The lowest BCUT2D eigenvalue weighted by atomic mass is 10.0. The molecule has 0 unspecified atom stereocenters. The Morgan fingerprint density at radius 1 is 1.28 bits per heavy atom. The van der Waals surface area contributed by atoms with Gasteiger partial charge in [0.15, 0.2) is 6.10 Å². The molecule has 1 saturated heterocycles. The number of nitrogens with zero attached hydrogens (tertiary/aromatic N) is 3. The highest BCUT2D eigenvalue weighted by atomic mass is 16.5. The molecular formula is C25H31N3O4. The molecule has 7 nitrogen and oxygen atoms in total. The summed E-state index contributed by atoms with van der Waals surface area (Å²) in [7, 11) is 0. The molecule has 1 aromatic carbocycles. The predicted molar refractivity (Wildman–Crippen MR) is 121 cm³/mol. The minimum atomic E-state index is -0.611. The van der Waals surface area contributed by atoms with Crippen molar-refractivity contribution in [1.82, 2.24) is 9.88 Å². The highest BCUT2D eigenvalue weighted by Gasteiger charge is 2.38. The lowest BCUT2D eigenvalue weighted by molar-refractivity contribution is -0.135. The standard InChI is InChI=1S/C25H31N3O4/c1-17(2)24-25(30)28(21-13-18(3)9-10-22(21)32-24)16-23(29)27(15-20-8-6-12-31-20)14-19-7-4-5-11-26-19/h4-5,7,9-11,13,17,20,24H,6,8,12,14-16H2,1-3H3/t20-,24-/m1/s1. The molecule has 3 heterocycles. The zero-order valence-corrected chi connectivity index (χ0v) is 19.0. The molecule has 1 fully saturated rings. The van der Waals surface area contributed by atoms with Crippen molar-refractivity contribution in [3.63, 3.8) is 0 Å². The van der Waals surface area contributed by atoms with Crippen LogP contribution in [0.3, 0.4) is 0 Å². The monoisotopic (exact) mass is 437 g/mol. The van der Waals surface area contributed by atoms with Crippen LogP contribution in [0.4, 0.5) is 5.69 Å². The van der Waals surface area contributed by atoms with Crippen molar-refractivity contribution < 1.29 is 19.1 Å². The number of hydrogen-bond donors (Lipinski definition) is 0. The van der Waals surface area contributed by atoms with E-state index in [1.165, 1.54) is 0 Å². The van der Waals surface area contributed by atoms with Gasteiger partial charge in [0.1, 0.15) is 12.3 Å². The molecule has 2 atom stereocenters. The third-order valence-electron chi connectivity index (χ3n) is 5.95. The van der Waals surface area contributed by atoms with Gasteiger partial charge in [-0.15, -0.1) is 0 Å². The molecule has 0 saturated carbocycles. The van der Waals surface area contributed by atoms with E-state index in [9.17, 15) is 9.59 Å². The number of anilines is 1. The summed E-state index contributed by atoms with van der Waals surface area (Å²) in [5.74, 6) is 0.320. The molecule has 1 aromatic heterocycles. The molecule has 0 aliphatic carbocycles. The Morgan fingerprint density at radius 2 is 2.12 bits per heavy atom. The van der Waals surface area contributed by atoms with Crippen molar-refractivity contribution >= 4 is 17.5 Å². The zero-order valence-electron chi connectivity index (χ0n) is 19.0. The predicted octanol–water partition coefficient (Wildman–Crippen LogP) is 3.35. The average Bonchev–Trinajstić information content (AvgIpc) is 3.29. The smallest absolute Gasteiger partial charge is 0.268 e. The normalized spacial score (nSPS) is 20.2. The molecule has 2 aliphatic rings. The Hall–Kier alpha value is -2.93. The molecule has 4 rings (SSSR count). The average molecular weight is 438 g/mol. The molecular weight excluding hydrogens is 406 g/mol. The number of amides is 2. The van der Waals surface area contributed by atoms with Crippen molar-refractivity contribution in [3.8, 4) is 5.75 Å². The van der Waals surface area contributed by atoms with Crippen molar-refractivity contribution in [1.29, 1.82) is 0 Å². The van der Waals surface area contributed by atoms with E-state index in [0.717, 1.165) is 30.7 Å². The third kappa shape index (κ3) is 4.93. The second-order valence-corrected chi connectivity index (χ2v) is 8.91. The van der Waals surface area contributed by atoms with Crippen LogP contribution in [0, 0.1) is 12.8 Å². The first-order valence-corrected chi connectivity index (χ1v) is 11.3. The number of fused-ring (bicyclic) bond motifs is 1. The Balaban J connectivity index is 1.59. The van der Waals surface area contributed by atoms with Gasteiger partial charge in [-0.3, -0.25) is 19.5 Å². The van der Waals surface area contributed by atoms with Crippen molar-refractivity contribution in [2.24, 2.45) is 5.92 Å². The number of aryl methyl sites for hydroxylation is 1. The van der Waals surface area contributed by atoms with Gasteiger partial charge in [-0.05, 0) is 55.5 Å². The Morgan fingerprint density at radius 3 is 2.81 bits per heavy atom. The molecule has 2 aliphatic heterocycles. The molecule has 0 N–H and O–H groups in total. The summed E-state index contributed by atoms with van der Waals surface area (Å²) in [6.45, 7) is 7.42. The largest absolute Gasteiger partial charge is 0.478 e.